The van der Waals surface area contributed by atoms with E-state index in [2.05, 4.69) is 28.2 Å². The third kappa shape index (κ3) is 1.35. The van der Waals surface area contributed by atoms with Gasteiger partial charge in [-0.2, -0.15) is 4.68 Å². The zero-order chi connectivity index (χ0) is 10.1. The molecule has 72 valence electrons. The molecule has 0 unspecified atom stereocenters. The molecule has 1 aromatic heterocycles. The highest BCUT2D eigenvalue weighted by atomic mass is 32.1. The highest BCUT2D eigenvalue weighted by Crippen LogP contribution is 2.17. The van der Waals surface area contributed by atoms with Gasteiger partial charge in [0.15, 0.2) is 11.6 Å². The SMILES string of the molecule is Fc1cccc(F)c1-n1nnnc1S. The normalized spacial score (nSPS) is 10.5. The van der Waals surface area contributed by atoms with Crippen LogP contribution in [-0.2, 0) is 0 Å². The van der Waals surface area contributed by atoms with Gasteiger partial charge in [0.1, 0.15) is 5.69 Å². The molecule has 4 nitrogen and oxygen atoms in total. The zero-order valence-corrected chi connectivity index (χ0v) is 7.62. The molecule has 0 amide bonds. The Bertz CT molecular complexity index is 450. The summed E-state index contributed by atoms with van der Waals surface area (Å²) in [4.78, 5) is 0. The first-order valence-electron chi connectivity index (χ1n) is 3.62. The Kier molecular flexibility index (Phi) is 2.16. The molecule has 0 atom stereocenters. The number of hydrogen-bond acceptors (Lipinski definition) is 4. The molecule has 0 saturated heterocycles. The number of thiol groups is 1. The number of hydrogen-bond donors (Lipinski definition) is 1. The molecule has 0 fully saturated rings. The largest absolute Gasteiger partial charge is 0.211 e. The van der Waals surface area contributed by atoms with E-state index in [1.807, 2.05) is 0 Å². The van der Waals surface area contributed by atoms with E-state index >= 15 is 0 Å². The van der Waals surface area contributed by atoms with Gasteiger partial charge in [0.05, 0.1) is 0 Å². The summed E-state index contributed by atoms with van der Waals surface area (Å²) in [6, 6.07) is 3.50. The quantitative estimate of drug-likeness (QED) is 0.726. The molecule has 0 spiro atoms. The molecule has 2 rings (SSSR count). The lowest BCUT2D eigenvalue weighted by Crippen LogP contribution is -2.03. The van der Waals surface area contributed by atoms with Gasteiger partial charge in [0, 0.05) is 0 Å². The molecular formula is C7H4F2N4S. The Morgan fingerprint density at radius 1 is 1.21 bits per heavy atom. The fraction of sp³-hybridized carbons (Fsp3) is 0. The Morgan fingerprint density at radius 3 is 2.36 bits per heavy atom. The molecule has 7 heteroatoms. The fourth-order valence-electron chi connectivity index (χ4n) is 1.02. The summed E-state index contributed by atoms with van der Waals surface area (Å²) < 4.78 is 27.3. The van der Waals surface area contributed by atoms with Crippen LogP contribution in [0.25, 0.3) is 5.69 Å². The van der Waals surface area contributed by atoms with E-state index in [1.165, 1.54) is 6.07 Å². The van der Waals surface area contributed by atoms with Gasteiger partial charge in [-0.05, 0) is 22.6 Å². The van der Waals surface area contributed by atoms with Gasteiger partial charge >= 0.3 is 0 Å². The van der Waals surface area contributed by atoms with Crippen LogP contribution >= 0.6 is 12.6 Å². The molecule has 1 aromatic carbocycles. The van der Waals surface area contributed by atoms with Crippen LogP contribution in [0, 0.1) is 11.6 Å². The van der Waals surface area contributed by atoms with Crippen LogP contribution in [0.15, 0.2) is 23.4 Å². The Balaban J connectivity index is 2.68. The van der Waals surface area contributed by atoms with E-state index in [4.69, 9.17) is 0 Å². The fourth-order valence-corrected chi connectivity index (χ4v) is 1.20. The van der Waals surface area contributed by atoms with Crippen molar-refractivity contribution in [2.75, 3.05) is 0 Å². The average Bonchev–Trinajstić information content (AvgIpc) is 2.52. The van der Waals surface area contributed by atoms with E-state index in [0.717, 1.165) is 16.8 Å². The lowest BCUT2D eigenvalue weighted by atomic mass is 10.3. The molecular weight excluding hydrogens is 210 g/mol. The monoisotopic (exact) mass is 214 g/mol. The van der Waals surface area contributed by atoms with Crippen molar-refractivity contribution in [3.05, 3.63) is 29.8 Å². The summed E-state index contributed by atoms with van der Waals surface area (Å²) in [6.07, 6.45) is 0. The second-order valence-electron chi connectivity index (χ2n) is 2.46. The first-order valence-corrected chi connectivity index (χ1v) is 4.06. The molecule has 14 heavy (non-hydrogen) atoms. The number of aromatic nitrogens is 4. The van der Waals surface area contributed by atoms with Crippen LogP contribution < -0.4 is 0 Å². The number of halogens is 2. The van der Waals surface area contributed by atoms with E-state index in [-0.39, 0.29) is 10.8 Å². The summed E-state index contributed by atoms with van der Waals surface area (Å²) in [7, 11) is 0. The molecule has 0 aliphatic rings. The van der Waals surface area contributed by atoms with Crippen LogP contribution in [0.1, 0.15) is 0 Å². The summed E-state index contributed by atoms with van der Waals surface area (Å²) in [5, 5.41) is 10.1. The number of nitrogens with zero attached hydrogens (tertiary/aromatic N) is 4. The average molecular weight is 214 g/mol. The number of benzene rings is 1. The molecule has 0 radical (unpaired) electrons. The minimum absolute atomic E-state index is 0.0222. The predicted molar refractivity (Wildman–Crippen MR) is 46.3 cm³/mol. The number of para-hydroxylation sites is 1. The van der Waals surface area contributed by atoms with E-state index < -0.39 is 11.6 Å². The van der Waals surface area contributed by atoms with Crippen molar-refractivity contribution in [2.45, 2.75) is 5.16 Å². The summed E-state index contributed by atoms with van der Waals surface area (Å²) in [6.45, 7) is 0. The van der Waals surface area contributed by atoms with Crippen LogP contribution in [0.5, 0.6) is 0 Å². The smallest absolute Gasteiger partial charge is 0.204 e. The maximum atomic E-state index is 13.2. The first kappa shape index (κ1) is 9.07. The maximum Gasteiger partial charge on any atom is 0.211 e. The summed E-state index contributed by atoms with van der Waals surface area (Å²) in [5.41, 5.74) is -0.331. The Morgan fingerprint density at radius 2 is 1.86 bits per heavy atom. The van der Waals surface area contributed by atoms with Crippen LogP contribution in [0.3, 0.4) is 0 Å². The third-order valence-corrected chi connectivity index (χ3v) is 1.88. The maximum absolute atomic E-state index is 13.2. The molecule has 0 saturated carbocycles. The lowest BCUT2D eigenvalue weighted by Gasteiger charge is -2.03. The van der Waals surface area contributed by atoms with E-state index in [1.54, 1.807) is 0 Å². The van der Waals surface area contributed by atoms with Crippen molar-refractivity contribution in [3.8, 4) is 5.69 Å². The number of rotatable bonds is 1. The van der Waals surface area contributed by atoms with Crippen molar-refractivity contribution in [2.24, 2.45) is 0 Å². The molecule has 2 aromatic rings. The van der Waals surface area contributed by atoms with Crippen LogP contribution in [-0.4, -0.2) is 20.2 Å². The van der Waals surface area contributed by atoms with E-state index in [0.29, 0.717) is 0 Å². The van der Waals surface area contributed by atoms with Crippen molar-refractivity contribution in [1.82, 2.24) is 20.2 Å². The minimum Gasteiger partial charge on any atom is -0.204 e. The van der Waals surface area contributed by atoms with Gasteiger partial charge in [-0.15, -0.1) is 17.7 Å². The van der Waals surface area contributed by atoms with Crippen molar-refractivity contribution < 1.29 is 8.78 Å². The highest BCUT2D eigenvalue weighted by molar-refractivity contribution is 7.80. The van der Waals surface area contributed by atoms with Gasteiger partial charge in [0.2, 0.25) is 5.16 Å². The van der Waals surface area contributed by atoms with Gasteiger partial charge in [-0.25, -0.2) is 8.78 Å². The topological polar surface area (TPSA) is 43.6 Å². The second kappa shape index (κ2) is 3.33. The van der Waals surface area contributed by atoms with Crippen molar-refractivity contribution >= 4 is 12.6 Å². The van der Waals surface area contributed by atoms with Gasteiger partial charge < -0.3 is 0 Å². The second-order valence-corrected chi connectivity index (χ2v) is 2.86. The van der Waals surface area contributed by atoms with E-state index in [9.17, 15) is 8.78 Å². The molecule has 1 heterocycles. The Labute approximate surface area is 83.0 Å². The molecule has 0 aliphatic heterocycles. The molecule has 0 aliphatic carbocycles. The first-order chi connectivity index (χ1) is 6.70. The van der Waals surface area contributed by atoms with Gasteiger partial charge in [-0.3, -0.25) is 0 Å². The molecule has 0 N–H and O–H groups in total. The Hall–Kier alpha value is -1.50. The van der Waals surface area contributed by atoms with Crippen molar-refractivity contribution in [3.63, 3.8) is 0 Å². The summed E-state index contributed by atoms with van der Waals surface area (Å²) >= 11 is 3.85. The number of tetrazole rings is 1. The van der Waals surface area contributed by atoms with Crippen molar-refractivity contribution in [1.29, 1.82) is 0 Å². The van der Waals surface area contributed by atoms with Crippen LogP contribution in [0.4, 0.5) is 8.78 Å². The predicted octanol–water partition coefficient (Wildman–Crippen LogP) is 1.23. The minimum atomic E-state index is -0.743. The van der Waals surface area contributed by atoms with Gasteiger partial charge in [0.25, 0.3) is 0 Å². The third-order valence-electron chi connectivity index (χ3n) is 1.60. The zero-order valence-electron chi connectivity index (χ0n) is 6.72. The highest BCUT2D eigenvalue weighted by Gasteiger charge is 2.14. The molecule has 0 bridgehead atoms. The lowest BCUT2D eigenvalue weighted by molar-refractivity contribution is 0.548. The standard InChI is InChI=1S/C7H4F2N4S/c8-4-2-1-3-5(9)6(4)13-7(14)10-11-12-13/h1-3H,(H,10,12,14). The van der Waals surface area contributed by atoms with Crippen LogP contribution in [0.2, 0.25) is 0 Å². The summed E-state index contributed by atoms with van der Waals surface area (Å²) in [5.74, 6) is -1.49. The van der Waals surface area contributed by atoms with Gasteiger partial charge in [-0.1, -0.05) is 6.07 Å².